The highest BCUT2D eigenvalue weighted by molar-refractivity contribution is 5.87. The molecule has 0 unspecified atom stereocenters. The molecule has 5 aromatic rings. The van der Waals surface area contributed by atoms with Crippen molar-refractivity contribution in [3.8, 4) is 17.2 Å². The van der Waals surface area contributed by atoms with E-state index in [1.807, 2.05) is 116 Å². The number of hydrogen-bond donors (Lipinski definition) is 1. The first-order valence-corrected chi connectivity index (χ1v) is 12.7. The zero-order valence-electron chi connectivity index (χ0n) is 21.3. The molecule has 189 valence electrons. The van der Waals surface area contributed by atoms with Gasteiger partial charge in [0.1, 0.15) is 11.5 Å². The Bertz CT molecular complexity index is 1420. The van der Waals surface area contributed by atoms with Crippen molar-refractivity contribution >= 4 is 5.91 Å². The second-order valence-electron chi connectivity index (χ2n) is 9.00. The van der Waals surface area contributed by atoms with Gasteiger partial charge in [0.2, 0.25) is 11.8 Å². The van der Waals surface area contributed by atoms with E-state index in [-0.39, 0.29) is 11.8 Å². The molecule has 0 saturated carbocycles. The fourth-order valence-corrected chi connectivity index (χ4v) is 4.37. The summed E-state index contributed by atoms with van der Waals surface area (Å²) in [6.45, 7) is 2.72. The summed E-state index contributed by atoms with van der Waals surface area (Å²) in [6, 6.07) is 38.5. The van der Waals surface area contributed by atoms with Crippen LogP contribution in [0.15, 0.2) is 114 Å². The van der Waals surface area contributed by atoms with Crippen LogP contribution in [0.2, 0.25) is 0 Å². The minimum atomic E-state index is -0.386. The van der Waals surface area contributed by atoms with Gasteiger partial charge in [-0.2, -0.15) is 0 Å². The lowest BCUT2D eigenvalue weighted by Gasteiger charge is -2.18. The molecule has 5 rings (SSSR count). The van der Waals surface area contributed by atoms with Crippen LogP contribution in [0.5, 0.6) is 5.75 Å². The minimum Gasteiger partial charge on any atom is -0.493 e. The van der Waals surface area contributed by atoms with Crippen molar-refractivity contribution in [1.29, 1.82) is 0 Å². The van der Waals surface area contributed by atoms with Gasteiger partial charge in [0.05, 0.1) is 18.2 Å². The molecule has 0 fully saturated rings. The molecular weight excluding hydrogens is 472 g/mol. The van der Waals surface area contributed by atoms with Gasteiger partial charge >= 0.3 is 0 Å². The zero-order valence-corrected chi connectivity index (χ0v) is 21.3. The molecule has 1 N–H and O–H groups in total. The number of oxazole rings is 1. The molecule has 0 spiro atoms. The van der Waals surface area contributed by atoms with Gasteiger partial charge < -0.3 is 14.5 Å². The topological polar surface area (TPSA) is 64.4 Å². The van der Waals surface area contributed by atoms with Gasteiger partial charge in [-0.25, -0.2) is 4.98 Å². The van der Waals surface area contributed by atoms with Gasteiger partial charge in [0.15, 0.2) is 0 Å². The maximum absolute atomic E-state index is 13.3. The third-order valence-electron chi connectivity index (χ3n) is 6.32. The summed E-state index contributed by atoms with van der Waals surface area (Å²) in [7, 11) is 0. The van der Waals surface area contributed by atoms with E-state index in [0.717, 1.165) is 33.7 Å². The fraction of sp³-hybridized carbons (Fsp3) is 0.152. The van der Waals surface area contributed by atoms with Crippen LogP contribution in [-0.2, 0) is 17.8 Å². The summed E-state index contributed by atoms with van der Waals surface area (Å²) in [5.74, 6) is 1.59. The maximum atomic E-state index is 13.3. The molecular formula is C33H29N2O3. The quantitative estimate of drug-likeness (QED) is 0.237. The molecule has 38 heavy (non-hydrogen) atoms. The largest absolute Gasteiger partial charge is 0.493 e. The molecule has 0 atom stereocenters. The number of ether oxygens (including phenoxy) is 1. The van der Waals surface area contributed by atoms with E-state index in [4.69, 9.17) is 9.15 Å². The van der Waals surface area contributed by atoms with Crippen LogP contribution in [0.3, 0.4) is 0 Å². The predicted molar refractivity (Wildman–Crippen MR) is 148 cm³/mol. The number of nitrogens with one attached hydrogen (secondary N) is 1. The third-order valence-corrected chi connectivity index (χ3v) is 6.32. The van der Waals surface area contributed by atoms with Crippen molar-refractivity contribution < 1.29 is 13.9 Å². The van der Waals surface area contributed by atoms with Crippen LogP contribution < -0.4 is 10.1 Å². The Hall–Kier alpha value is -4.64. The first-order valence-electron chi connectivity index (χ1n) is 12.7. The monoisotopic (exact) mass is 501 g/mol. The van der Waals surface area contributed by atoms with Crippen molar-refractivity contribution in [3.05, 3.63) is 143 Å². The number of amides is 1. The third kappa shape index (κ3) is 6.19. The Balaban J connectivity index is 1.19. The number of aryl methyl sites for hydroxylation is 1. The Labute approximate surface area is 223 Å². The lowest BCUT2D eigenvalue weighted by atomic mass is 9.90. The van der Waals surface area contributed by atoms with Crippen molar-refractivity contribution in [3.63, 3.8) is 0 Å². The number of rotatable bonds is 10. The maximum Gasteiger partial charge on any atom is 0.232 e. The lowest BCUT2D eigenvalue weighted by Crippen LogP contribution is -2.29. The summed E-state index contributed by atoms with van der Waals surface area (Å²) < 4.78 is 11.8. The summed E-state index contributed by atoms with van der Waals surface area (Å²) in [5, 5.41) is 3.08. The fourth-order valence-electron chi connectivity index (χ4n) is 4.37. The number of carbonyl (C=O) groups excluding carboxylic acids is 1. The average Bonchev–Trinajstić information content (AvgIpc) is 3.34. The Morgan fingerprint density at radius 3 is 2.16 bits per heavy atom. The normalized spacial score (nSPS) is 10.9. The van der Waals surface area contributed by atoms with Crippen LogP contribution >= 0.6 is 0 Å². The van der Waals surface area contributed by atoms with E-state index in [1.165, 1.54) is 0 Å². The van der Waals surface area contributed by atoms with Gasteiger partial charge in [0.25, 0.3) is 0 Å². The summed E-state index contributed by atoms with van der Waals surface area (Å²) in [5.41, 5.74) is 4.58. The predicted octanol–water partition coefficient (Wildman–Crippen LogP) is 6.52. The van der Waals surface area contributed by atoms with Crippen LogP contribution in [0, 0.1) is 13.0 Å². The van der Waals surface area contributed by atoms with Crippen molar-refractivity contribution in [2.75, 3.05) is 6.61 Å². The van der Waals surface area contributed by atoms with E-state index in [2.05, 4.69) is 16.4 Å². The highest BCUT2D eigenvalue weighted by Crippen LogP contribution is 2.25. The first kappa shape index (κ1) is 25.0. The van der Waals surface area contributed by atoms with Crippen LogP contribution in [-0.4, -0.2) is 17.5 Å². The van der Waals surface area contributed by atoms with Crippen molar-refractivity contribution in [2.24, 2.45) is 0 Å². The molecule has 0 bridgehead atoms. The molecule has 4 aromatic carbocycles. The van der Waals surface area contributed by atoms with Crippen LogP contribution in [0.25, 0.3) is 11.5 Å². The summed E-state index contributed by atoms with van der Waals surface area (Å²) in [6.07, 6.45) is 0.618. The minimum absolute atomic E-state index is 0.0575. The average molecular weight is 502 g/mol. The number of carbonyl (C=O) groups is 1. The van der Waals surface area contributed by atoms with E-state index < -0.39 is 0 Å². The number of nitrogens with zero attached hydrogens (tertiary/aromatic N) is 1. The highest BCUT2D eigenvalue weighted by Gasteiger charge is 2.22. The van der Waals surface area contributed by atoms with Gasteiger partial charge in [-0.05, 0) is 41.8 Å². The van der Waals surface area contributed by atoms with E-state index in [1.54, 1.807) is 0 Å². The lowest BCUT2D eigenvalue weighted by molar-refractivity contribution is -0.121. The molecule has 0 aliphatic carbocycles. The second kappa shape index (κ2) is 12.1. The first-order chi connectivity index (χ1) is 18.7. The SMILES string of the molecule is Cc1oc(-c2ccccc2)nc1CCOc1[c]c(CNC(=O)C(c2ccccc2)c2ccccc2)ccc1. The van der Waals surface area contributed by atoms with Crippen molar-refractivity contribution in [1.82, 2.24) is 10.3 Å². The number of hydrogen-bond acceptors (Lipinski definition) is 4. The molecule has 1 heterocycles. The van der Waals surface area contributed by atoms with E-state index >= 15 is 0 Å². The Morgan fingerprint density at radius 1 is 0.868 bits per heavy atom. The van der Waals surface area contributed by atoms with Crippen LogP contribution in [0.4, 0.5) is 0 Å². The Morgan fingerprint density at radius 2 is 1.50 bits per heavy atom. The van der Waals surface area contributed by atoms with Gasteiger partial charge in [0, 0.05) is 24.6 Å². The molecule has 1 aromatic heterocycles. The summed E-state index contributed by atoms with van der Waals surface area (Å²) in [4.78, 5) is 17.9. The molecule has 0 saturated heterocycles. The van der Waals surface area contributed by atoms with E-state index in [9.17, 15) is 4.79 Å². The Kier molecular flexibility index (Phi) is 7.95. The van der Waals surface area contributed by atoms with Gasteiger partial charge in [-0.1, -0.05) is 91.0 Å². The van der Waals surface area contributed by atoms with Crippen molar-refractivity contribution in [2.45, 2.75) is 25.8 Å². The highest BCUT2D eigenvalue weighted by atomic mass is 16.5. The molecule has 1 amide bonds. The number of aromatic nitrogens is 1. The standard InChI is InChI=1S/C33H29N2O3/c1-24-30(35-33(38-24)28-17-9-4-10-18-28)20-21-37-29-19-11-12-25(22-29)23-34-32(36)31(26-13-5-2-6-14-26)27-15-7-3-8-16-27/h2-19,31H,20-21,23H2,1H3,(H,34,36). The molecule has 0 aliphatic heterocycles. The smallest absolute Gasteiger partial charge is 0.232 e. The summed E-state index contributed by atoms with van der Waals surface area (Å²) >= 11 is 0. The molecule has 1 radical (unpaired) electrons. The van der Waals surface area contributed by atoms with Crippen LogP contribution in [0.1, 0.15) is 34.1 Å². The second-order valence-corrected chi connectivity index (χ2v) is 9.00. The number of benzene rings is 4. The molecule has 5 heteroatoms. The molecule has 0 aliphatic rings. The van der Waals surface area contributed by atoms with Gasteiger partial charge in [-0.3, -0.25) is 4.79 Å². The van der Waals surface area contributed by atoms with E-state index in [0.29, 0.717) is 31.2 Å². The zero-order chi connectivity index (χ0) is 26.2. The molecule has 5 nitrogen and oxygen atoms in total. The van der Waals surface area contributed by atoms with Gasteiger partial charge in [-0.15, -0.1) is 0 Å².